The highest BCUT2D eigenvalue weighted by Crippen LogP contribution is 2.22. The summed E-state index contributed by atoms with van der Waals surface area (Å²) >= 11 is 0. The molecule has 0 aliphatic rings. The van der Waals surface area contributed by atoms with Gasteiger partial charge in [-0.05, 0) is 48.5 Å². The first-order valence-corrected chi connectivity index (χ1v) is 11.5. The smallest absolute Gasteiger partial charge is 0.338 e. The fourth-order valence-electron chi connectivity index (χ4n) is 2.97. The lowest BCUT2D eigenvalue weighted by Crippen LogP contribution is -2.34. The van der Waals surface area contributed by atoms with Crippen LogP contribution in [0.5, 0.6) is 5.75 Å². The zero-order valence-corrected chi connectivity index (χ0v) is 19.2. The number of methoxy groups -OCH3 is 1. The predicted molar refractivity (Wildman–Crippen MR) is 124 cm³/mol. The van der Waals surface area contributed by atoms with Crippen molar-refractivity contribution in [2.24, 2.45) is 0 Å². The van der Waals surface area contributed by atoms with Gasteiger partial charge in [0.1, 0.15) is 5.75 Å². The van der Waals surface area contributed by atoms with Crippen molar-refractivity contribution in [3.63, 3.8) is 0 Å². The van der Waals surface area contributed by atoms with E-state index in [9.17, 15) is 22.8 Å². The Hall–Kier alpha value is -4.18. The lowest BCUT2D eigenvalue weighted by molar-refractivity contribution is -0.123. The number of nitrogens with zero attached hydrogens (tertiary/aromatic N) is 1. The lowest BCUT2D eigenvalue weighted by atomic mass is 10.2. The summed E-state index contributed by atoms with van der Waals surface area (Å²) in [5.41, 5.74) is 0.687. The van der Waals surface area contributed by atoms with Gasteiger partial charge in [-0.15, -0.1) is 0 Å². The number of nitrogens with one attached hydrogen (secondary N) is 1. The standard InChI is InChI=1S/C24H22N2O7S/c1-26(18-8-4-3-5-9-18)34(30,31)19-14-12-17(13-15-19)24(29)33-16-22(27)25-23(28)20-10-6-7-11-21(20)32-2/h3-15H,16H2,1-2H3,(H,25,27,28). The van der Waals surface area contributed by atoms with Crippen molar-refractivity contribution < 1.29 is 32.3 Å². The number of hydrogen-bond donors (Lipinski definition) is 1. The van der Waals surface area contributed by atoms with Gasteiger partial charge in [0.2, 0.25) is 0 Å². The summed E-state index contributed by atoms with van der Waals surface area (Å²) in [6.45, 7) is -0.698. The molecule has 10 heteroatoms. The molecule has 3 rings (SSSR count). The summed E-state index contributed by atoms with van der Waals surface area (Å²) in [5, 5.41) is 2.11. The molecular formula is C24H22N2O7S. The van der Waals surface area contributed by atoms with Crippen molar-refractivity contribution in [3.8, 4) is 5.75 Å². The molecule has 0 saturated carbocycles. The van der Waals surface area contributed by atoms with Gasteiger partial charge in [-0.25, -0.2) is 13.2 Å². The molecule has 0 unspecified atom stereocenters. The minimum Gasteiger partial charge on any atom is -0.496 e. The van der Waals surface area contributed by atoms with E-state index in [1.165, 1.54) is 44.5 Å². The van der Waals surface area contributed by atoms with Crippen LogP contribution in [0.25, 0.3) is 0 Å². The van der Waals surface area contributed by atoms with Crippen LogP contribution in [0.1, 0.15) is 20.7 Å². The molecule has 1 N–H and O–H groups in total. The van der Waals surface area contributed by atoms with Crippen LogP contribution >= 0.6 is 0 Å². The number of para-hydroxylation sites is 2. The lowest BCUT2D eigenvalue weighted by Gasteiger charge is -2.19. The van der Waals surface area contributed by atoms with Crippen LogP contribution < -0.4 is 14.4 Å². The summed E-state index contributed by atoms with van der Waals surface area (Å²) in [7, 11) is -1.01. The van der Waals surface area contributed by atoms with Gasteiger partial charge in [0, 0.05) is 7.05 Å². The van der Waals surface area contributed by atoms with Crippen molar-refractivity contribution in [1.29, 1.82) is 0 Å². The van der Waals surface area contributed by atoms with Crippen LogP contribution in [0.3, 0.4) is 0 Å². The quantitative estimate of drug-likeness (QED) is 0.490. The Morgan fingerprint density at radius 2 is 1.50 bits per heavy atom. The van der Waals surface area contributed by atoms with E-state index in [1.807, 2.05) is 0 Å². The van der Waals surface area contributed by atoms with Gasteiger partial charge in [-0.2, -0.15) is 0 Å². The average Bonchev–Trinajstić information content (AvgIpc) is 2.87. The van der Waals surface area contributed by atoms with E-state index in [4.69, 9.17) is 9.47 Å². The highest BCUT2D eigenvalue weighted by molar-refractivity contribution is 7.92. The fraction of sp³-hybridized carbons (Fsp3) is 0.125. The number of amides is 2. The maximum absolute atomic E-state index is 12.8. The second-order valence-electron chi connectivity index (χ2n) is 6.99. The number of carbonyl (C=O) groups excluding carboxylic acids is 3. The summed E-state index contributed by atoms with van der Waals surface area (Å²) in [6, 6.07) is 20.0. The Kier molecular flexibility index (Phi) is 7.64. The molecule has 0 aliphatic carbocycles. The molecule has 176 valence electrons. The van der Waals surface area contributed by atoms with Crippen LogP contribution in [-0.4, -0.2) is 47.0 Å². The van der Waals surface area contributed by atoms with Crippen molar-refractivity contribution >= 4 is 33.5 Å². The number of imide groups is 1. The second kappa shape index (κ2) is 10.6. The zero-order valence-electron chi connectivity index (χ0n) is 18.4. The van der Waals surface area contributed by atoms with Crippen molar-refractivity contribution in [3.05, 3.63) is 90.0 Å². The largest absolute Gasteiger partial charge is 0.496 e. The summed E-state index contributed by atoms with van der Waals surface area (Å²) < 4.78 is 36.8. The number of anilines is 1. The molecule has 0 bridgehead atoms. The number of esters is 1. The zero-order chi connectivity index (χ0) is 24.7. The Morgan fingerprint density at radius 3 is 2.15 bits per heavy atom. The number of benzene rings is 3. The van der Waals surface area contributed by atoms with Gasteiger partial charge in [0.05, 0.1) is 28.8 Å². The van der Waals surface area contributed by atoms with Crippen molar-refractivity contribution in [2.75, 3.05) is 25.1 Å². The molecular weight excluding hydrogens is 460 g/mol. The highest BCUT2D eigenvalue weighted by atomic mass is 32.2. The van der Waals surface area contributed by atoms with E-state index < -0.39 is 34.4 Å². The first-order chi connectivity index (χ1) is 16.2. The SMILES string of the molecule is COc1ccccc1C(=O)NC(=O)COC(=O)c1ccc(S(=O)(=O)N(C)c2ccccc2)cc1. The molecule has 0 saturated heterocycles. The predicted octanol–water partition coefficient (Wildman–Crippen LogP) is 2.63. The molecule has 0 heterocycles. The Bertz CT molecular complexity index is 1290. The highest BCUT2D eigenvalue weighted by Gasteiger charge is 2.22. The van der Waals surface area contributed by atoms with Crippen molar-refractivity contribution in [1.82, 2.24) is 5.32 Å². The van der Waals surface area contributed by atoms with E-state index in [0.717, 1.165) is 4.31 Å². The number of sulfonamides is 1. The van der Waals surface area contributed by atoms with Gasteiger partial charge >= 0.3 is 5.97 Å². The van der Waals surface area contributed by atoms with Crippen LogP contribution in [0, 0.1) is 0 Å². The third-order valence-corrected chi connectivity index (χ3v) is 6.61. The maximum atomic E-state index is 12.8. The topological polar surface area (TPSA) is 119 Å². The van der Waals surface area contributed by atoms with Gasteiger partial charge in [0.25, 0.3) is 21.8 Å². The first kappa shape index (κ1) is 24.5. The van der Waals surface area contributed by atoms with E-state index >= 15 is 0 Å². The molecule has 0 aromatic heterocycles. The molecule has 9 nitrogen and oxygen atoms in total. The molecule has 0 fully saturated rings. The van der Waals surface area contributed by atoms with Gasteiger partial charge < -0.3 is 9.47 Å². The third-order valence-electron chi connectivity index (χ3n) is 4.81. The van der Waals surface area contributed by atoms with Crippen LogP contribution in [-0.2, 0) is 19.6 Å². The van der Waals surface area contributed by atoms with Crippen LogP contribution in [0.4, 0.5) is 5.69 Å². The van der Waals surface area contributed by atoms with Gasteiger partial charge in [-0.1, -0.05) is 30.3 Å². The van der Waals surface area contributed by atoms with Gasteiger partial charge in [0.15, 0.2) is 6.61 Å². The normalized spacial score (nSPS) is 10.8. The Morgan fingerprint density at radius 1 is 0.882 bits per heavy atom. The second-order valence-corrected chi connectivity index (χ2v) is 8.96. The molecule has 3 aromatic carbocycles. The average molecular weight is 483 g/mol. The molecule has 0 spiro atoms. The summed E-state index contributed by atoms with van der Waals surface area (Å²) in [5.74, 6) is -2.08. The Labute approximate surface area is 197 Å². The maximum Gasteiger partial charge on any atom is 0.338 e. The molecule has 34 heavy (non-hydrogen) atoms. The molecule has 0 radical (unpaired) electrons. The van der Waals surface area contributed by atoms with Gasteiger partial charge in [-0.3, -0.25) is 19.2 Å². The fourth-order valence-corrected chi connectivity index (χ4v) is 4.17. The number of carbonyl (C=O) groups is 3. The molecule has 2 amide bonds. The minimum atomic E-state index is -3.84. The monoisotopic (exact) mass is 482 g/mol. The first-order valence-electron chi connectivity index (χ1n) is 10.0. The van der Waals surface area contributed by atoms with E-state index in [0.29, 0.717) is 5.69 Å². The number of ether oxygens (including phenoxy) is 2. The third kappa shape index (κ3) is 5.59. The van der Waals surface area contributed by atoms with E-state index in [-0.39, 0.29) is 21.8 Å². The van der Waals surface area contributed by atoms with Crippen LogP contribution in [0.15, 0.2) is 83.8 Å². The summed E-state index contributed by atoms with van der Waals surface area (Å²) in [6.07, 6.45) is 0. The molecule has 0 atom stereocenters. The van der Waals surface area contributed by atoms with E-state index in [1.54, 1.807) is 48.5 Å². The Balaban J connectivity index is 1.59. The molecule has 3 aromatic rings. The van der Waals surface area contributed by atoms with Crippen LogP contribution in [0.2, 0.25) is 0 Å². The van der Waals surface area contributed by atoms with E-state index in [2.05, 4.69) is 5.32 Å². The minimum absolute atomic E-state index is 0.0180. The summed E-state index contributed by atoms with van der Waals surface area (Å²) in [4.78, 5) is 36.5. The number of rotatable bonds is 8. The van der Waals surface area contributed by atoms with Crippen molar-refractivity contribution in [2.45, 2.75) is 4.90 Å². The molecule has 0 aliphatic heterocycles. The number of hydrogen-bond acceptors (Lipinski definition) is 7.